The van der Waals surface area contributed by atoms with E-state index in [1.165, 1.54) is 23.4 Å². The highest BCUT2D eigenvalue weighted by molar-refractivity contribution is 7.92. The molecule has 0 N–H and O–H groups in total. The molecule has 0 amide bonds. The topological polar surface area (TPSA) is 54.5 Å². The van der Waals surface area contributed by atoms with Gasteiger partial charge >= 0.3 is 0 Å². The molecule has 1 heterocycles. The van der Waals surface area contributed by atoms with Crippen LogP contribution in [0.4, 0.5) is 5.69 Å². The number of sulfonamides is 1. The monoisotopic (exact) mass is 301 g/mol. The van der Waals surface area contributed by atoms with Crippen LogP contribution in [0, 0.1) is 0 Å². The summed E-state index contributed by atoms with van der Waals surface area (Å²) >= 11 is 0. The van der Waals surface area contributed by atoms with Crippen molar-refractivity contribution in [3.63, 3.8) is 0 Å². The molecule has 0 fully saturated rings. The van der Waals surface area contributed by atoms with Crippen molar-refractivity contribution in [1.29, 1.82) is 0 Å². The maximum Gasteiger partial charge on any atom is 0.264 e. The molecular formula is C16H15NO3S. The molecule has 0 spiro atoms. The molecule has 0 saturated heterocycles. The smallest absolute Gasteiger partial charge is 0.264 e. The van der Waals surface area contributed by atoms with Crippen molar-refractivity contribution in [1.82, 2.24) is 0 Å². The number of Topliss-reactive ketones (excluding diaryl/α,β-unsaturated/α-hetero) is 1. The third-order valence-corrected chi connectivity index (χ3v) is 5.48. The number of nitrogens with zero attached hydrogens (tertiary/aromatic N) is 1. The van der Waals surface area contributed by atoms with Crippen LogP contribution in [-0.4, -0.2) is 20.7 Å². The van der Waals surface area contributed by atoms with E-state index in [0.29, 0.717) is 18.5 Å². The maximum atomic E-state index is 12.8. The van der Waals surface area contributed by atoms with Crippen LogP contribution in [-0.2, 0) is 16.4 Å². The maximum absolute atomic E-state index is 12.8. The largest absolute Gasteiger partial charge is 0.295 e. The minimum atomic E-state index is -3.63. The van der Waals surface area contributed by atoms with Crippen LogP contribution in [0.25, 0.3) is 0 Å². The first kappa shape index (κ1) is 13.8. The fourth-order valence-electron chi connectivity index (χ4n) is 2.56. The number of carbonyl (C=O) groups excluding carboxylic acids is 1. The van der Waals surface area contributed by atoms with Gasteiger partial charge in [-0.1, -0.05) is 30.3 Å². The molecular weight excluding hydrogens is 286 g/mol. The number of hydrogen-bond acceptors (Lipinski definition) is 3. The zero-order valence-electron chi connectivity index (χ0n) is 11.6. The van der Waals surface area contributed by atoms with Crippen LogP contribution < -0.4 is 4.31 Å². The minimum Gasteiger partial charge on any atom is -0.295 e. The van der Waals surface area contributed by atoms with Crippen molar-refractivity contribution in [3.8, 4) is 0 Å². The van der Waals surface area contributed by atoms with Crippen molar-refractivity contribution in [2.45, 2.75) is 18.2 Å². The number of rotatable bonds is 3. The molecule has 0 atom stereocenters. The second-order valence-corrected chi connectivity index (χ2v) is 6.90. The summed E-state index contributed by atoms with van der Waals surface area (Å²) in [4.78, 5) is 11.6. The number of hydrogen-bond donors (Lipinski definition) is 0. The molecule has 0 aliphatic carbocycles. The van der Waals surface area contributed by atoms with E-state index in [-0.39, 0.29) is 10.7 Å². The zero-order chi connectivity index (χ0) is 15.0. The molecule has 21 heavy (non-hydrogen) atoms. The van der Waals surface area contributed by atoms with Gasteiger partial charge in [0.25, 0.3) is 10.0 Å². The summed E-state index contributed by atoms with van der Waals surface area (Å²) in [7, 11) is -3.63. The summed E-state index contributed by atoms with van der Waals surface area (Å²) in [6, 6.07) is 13.7. The van der Waals surface area contributed by atoms with Crippen molar-refractivity contribution in [2.75, 3.05) is 10.8 Å². The number of para-hydroxylation sites is 1. The summed E-state index contributed by atoms with van der Waals surface area (Å²) < 4.78 is 27.0. The Labute approximate surface area is 124 Å². The lowest BCUT2D eigenvalue weighted by molar-refractivity contribution is 0.101. The summed E-state index contributed by atoms with van der Waals surface area (Å²) in [5.41, 5.74) is 2.16. The summed E-state index contributed by atoms with van der Waals surface area (Å²) in [6.07, 6.45) is 0.710. The quantitative estimate of drug-likeness (QED) is 0.819. The Bertz CT molecular complexity index is 812. The van der Waals surface area contributed by atoms with Gasteiger partial charge in [0.15, 0.2) is 5.78 Å². The van der Waals surface area contributed by atoms with E-state index in [2.05, 4.69) is 0 Å². The Balaban J connectivity index is 2.06. The number of fused-ring (bicyclic) bond motifs is 1. The van der Waals surface area contributed by atoms with Crippen LogP contribution in [0.1, 0.15) is 22.8 Å². The summed E-state index contributed by atoms with van der Waals surface area (Å²) in [5, 5.41) is 0. The van der Waals surface area contributed by atoms with Crippen LogP contribution in [0.2, 0.25) is 0 Å². The van der Waals surface area contributed by atoms with Gasteiger partial charge in [0.1, 0.15) is 0 Å². The lowest BCUT2D eigenvalue weighted by Gasteiger charge is -2.19. The molecule has 2 aromatic rings. The van der Waals surface area contributed by atoms with Gasteiger partial charge < -0.3 is 0 Å². The van der Waals surface area contributed by atoms with Crippen molar-refractivity contribution in [2.24, 2.45) is 0 Å². The van der Waals surface area contributed by atoms with Gasteiger partial charge in [0.05, 0.1) is 10.6 Å². The summed E-state index contributed by atoms with van der Waals surface area (Å²) in [6.45, 7) is 1.86. The third-order valence-electron chi connectivity index (χ3n) is 3.67. The second kappa shape index (κ2) is 5.00. The van der Waals surface area contributed by atoms with E-state index in [4.69, 9.17) is 0 Å². The van der Waals surface area contributed by atoms with Gasteiger partial charge in [-0.25, -0.2) is 8.42 Å². The van der Waals surface area contributed by atoms with Crippen LogP contribution in [0.3, 0.4) is 0 Å². The van der Waals surface area contributed by atoms with Gasteiger partial charge in [-0.05, 0) is 37.1 Å². The van der Waals surface area contributed by atoms with Crippen LogP contribution >= 0.6 is 0 Å². The molecule has 1 aliphatic heterocycles. The first-order valence-electron chi connectivity index (χ1n) is 6.72. The fraction of sp³-hybridized carbons (Fsp3) is 0.188. The zero-order valence-corrected chi connectivity index (χ0v) is 12.4. The van der Waals surface area contributed by atoms with Crippen molar-refractivity contribution >= 4 is 21.5 Å². The average molecular weight is 301 g/mol. The fourth-order valence-corrected chi connectivity index (χ4v) is 4.11. The Morgan fingerprint density at radius 1 is 1.10 bits per heavy atom. The molecule has 5 heteroatoms. The Morgan fingerprint density at radius 2 is 1.86 bits per heavy atom. The highest BCUT2D eigenvalue weighted by Crippen LogP contribution is 2.32. The normalized spacial score (nSPS) is 14.0. The van der Waals surface area contributed by atoms with E-state index >= 15 is 0 Å². The van der Waals surface area contributed by atoms with Gasteiger partial charge in [0.2, 0.25) is 0 Å². The first-order chi connectivity index (χ1) is 10.00. The highest BCUT2D eigenvalue weighted by Gasteiger charge is 2.30. The molecule has 1 aliphatic rings. The SMILES string of the molecule is CC(=O)c1cccc(S(=O)(=O)N2CCc3ccccc32)c1. The van der Waals surface area contributed by atoms with Gasteiger partial charge in [-0.2, -0.15) is 0 Å². The van der Waals surface area contributed by atoms with E-state index < -0.39 is 10.0 Å². The molecule has 0 saturated carbocycles. The molecule has 2 aromatic carbocycles. The number of benzene rings is 2. The Morgan fingerprint density at radius 3 is 2.62 bits per heavy atom. The third kappa shape index (κ3) is 2.34. The summed E-state index contributed by atoms with van der Waals surface area (Å²) in [5.74, 6) is -0.145. The molecule has 4 nitrogen and oxygen atoms in total. The minimum absolute atomic E-state index is 0.145. The standard InChI is InChI=1S/C16H15NO3S/c1-12(18)14-6-4-7-15(11-14)21(19,20)17-10-9-13-5-2-3-8-16(13)17/h2-8,11H,9-10H2,1H3. The van der Waals surface area contributed by atoms with E-state index in [0.717, 1.165) is 11.3 Å². The van der Waals surface area contributed by atoms with E-state index in [1.54, 1.807) is 12.1 Å². The second-order valence-electron chi connectivity index (χ2n) is 5.04. The molecule has 108 valence electrons. The molecule has 0 bridgehead atoms. The van der Waals surface area contributed by atoms with Gasteiger partial charge in [-0.3, -0.25) is 9.10 Å². The first-order valence-corrected chi connectivity index (χ1v) is 8.16. The van der Waals surface area contributed by atoms with Crippen LogP contribution in [0.15, 0.2) is 53.4 Å². The Hall–Kier alpha value is -2.14. The molecule has 0 radical (unpaired) electrons. The van der Waals surface area contributed by atoms with E-state index in [9.17, 15) is 13.2 Å². The van der Waals surface area contributed by atoms with Crippen molar-refractivity contribution in [3.05, 3.63) is 59.7 Å². The predicted octanol–water partition coefficient (Wildman–Crippen LogP) is 2.64. The predicted molar refractivity (Wildman–Crippen MR) is 81.1 cm³/mol. The molecule has 3 rings (SSSR count). The van der Waals surface area contributed by atoms with Gasteiger partial charge in [0, 0.05) is 12.1 Å². The lowest BCUT2D eigenvalue weighted by Crippen LogP contribution is -2.29. The lowest BCUT2D eigenvalue weighted by atomic mass is 10.2. The highest BCUT2D eigenvalue weighted by atomic mass is 32.2. The number of ketones is 1. The van der Waals surface area contributed by atoms with E-state index in [1.807, 2.05) is 24.3 Å². The molecule has 0 unspecified atom stereocenters. The average Bonchev–Trinajstić information content (AvgIpc) is 2.92. The number of carbonyl (C=O) groups is 1. The Kier molecular flexibility index (Phi) is 3.29. The van der Waals surface area contributed by atoms with Crippen molar-refractivity contribution < 1.29 is 13.2 Å². The van der Waals surface area contributed by atoms with Crippen LogP contribution in [0.5, 0.6) is 0 Å². The number of anilines is 1. The molecule has 0 aromatic heterocycles. The van der Waals surface area contributed by atoms with Gasteiger partial charge in [-0.15, -0.1) is 0 Å².